The third kappa shape index (κ3) is 4.16. The molecule has 4 nitrogen and oxygen atoms in total. The van der Waals surface area contributed by atoms with Gasteiger partial charge in [0.15, 0.2) is 0 Å². The number of carbonyl (C=O) groups excluding carboxylic acids is 1. The van der Waals surface area contributed by atoms with Gasteiger partial charge in [0, 0.05) is 4.90 Å². The molecule has 0 unspecified atom stereocenters. The average molecular weight is 305 g/mol. The quantitative estimate of drug-likeness (QED) is 0.673. The van der Waals surface area contributed by atoms with E-state index >= 15 is 0 Å². The van der Waals surface area contributed by atoms with Gasteiger partial charge in [0.25, 0.3) is 11.7 Å². The van der Waals surface area contributed by atoms with Crippen molar-refractivity contribution in [3.05, 3.63) is 29.8 Å². The number of nitrogens with one attached hydrogen (secondary N) is 1. The molecule has 0 aromatic heterocycles. The second-order valence-corrected chi connectivity index (χ2v) is 5.31. The Morgan fingerprint density at radius 1 is 1.35 bits per heavy atom. The Balaban J connectivity index is 2.97. The summed E-state index contributed by atoms with van der Waals surface area (Å²) < 4.78 is 24.9. The molecule has 0 aliphatic rings. The molecule has 0 spiro atoms. The lowest BCUT2D eigenvalue weighted by Crippen LogP contribution is -2.53. The van der Waals surface area contributed by atoms with Gasteiger partial charge in [0.2, 0.25) is 0 Å². The summed E-state index contributed by atoms with van der Waals surface area (Å²) in [4.78, 5) is 12.3. The van der Waals surface area contributed by atoms with Crippen LogP contribution >= 0.6 is 11.8 Å². The van der Waals surface area contributed by atoms with E-state index in [0.717, 1.165) is 0 Å². The number of aliphatic hydroxyl groups excluding tert-OH is 2. The summed E-state index contributed by atoms with van der Waals surface area (Å²) in [7, 11) is 0. The fourth-order valence-electron chi connectivity index (χ4n) is 1.60. The van der Waals surface area contributed by atoms with Gasteiger partial charge in [-0.15, -0.1) is 0 Å². The monoisotopic (exact) mass is 305 g/mol. The lowest BCUT2D eigenvalue weighted by molar-refractivity contribution is 0.0650. The molecular weight excluding hydrogens is 288 g/mol. The van der Waals surface area contributed by atoms with Crippen molar-refractivity contribution in [1.29, 1.82) is 0 Å². The number of carbonyl (C=O) groups is 1. The van der Waals surface area contributed by atoms with Crippen molar-refractivity contribution in [2.24, 2.45) is 0 Å². The second-order valence-electron chi connectivity index (χ2n) is 4.28. The van der Waals surface area contributed by atoms with Gasteiger partial charge < -0.3 is 15.5 Å². The number of thioether (sulfide) groups is 1. The summed E-state index contributed by atoms with van der Waals surface area (Å²) in [5, 5.41) is 21.1. The average Bonchev–Trinajstić information content (AvgIpc) is 2.44. The number of benzene rings is 1. The third-order valence-electron chi connectivity index (χ3n) is 3.01. The van der Waals surface area contributed by atoms with Gasteiger partial charge in [0.05, 0.1) is 24.3 Å². The van der Waals surface area contributed by atoms with Crippen molar-refractivity contribution >= 4 is 17.7 Å². The van der Waals surface area contributed by atoms with Crippen LogP contribution in [0.4, 0.5) is 8.78 Å². The molecule has 0 bridgehead atoms. The normalized spacial score (nSPS) is 11.7. The Morgan fingerprint density at radius 2 is 1.95 bits per heavy atom. The van der Waals surface area contributed by atoms with Crippen LogP contribution in [0.15, 0.2) is 29.2 Å². The van der Waals surface area contributed by atoms with Gasteiger partial charge in [-0.05, 0) is 18.6 Å². The molecule has 0 saturated carbocycles. The van der Waals surface area contributed by atoms with Crippen LogP contribution in [-0.4, -0.2) is 40.6 Å². The van der Waals surface area contributed by atoms with Crippen molar-refractivity contribution in [2.45, 2.75) is 29.5 Å². The number of hydrogen-bond acceptors (Lipinski definition) is 4. The predicted octanol–water partition coefficient (Wildman–Crippen LogP) is 1.86. The predicted molar refractivity (Wildman–Crippen MR) is 73.0 cm³/mol. The molecule has 0 radical (unpaired) electrons. The van der Waals surface area contributed by atoms with Crippen molar-refractivity contribution in [3.63, 3.8) is 0 Å². The van der Waals surface area contributed by atoms with Crippen LogP contribution in [0, 0.1) is 0 Å². The van der Waals surface area contributed by atoms with E-state index in [1.165, 1.54) is 12.1 Å². The Hall–Kier alpha value is -1.18. The van der Waals surface area contributed by atoms with Crippen molar-refractivity contribution in [3.8, 4) is 0 Å². The Bertz CT molecular complexity index is 445. The van der Waals surface area contributed by atoms with Crippen LogP contribution in [0.3, 0.4) is 0 Å². The second kappa shape index (κ2) is 7.56. The highest BCUT2D eigenvalue weighted by Gasteiger charge is 2.29. The van der Waals surface area contributed by atoms with Crippen LogP contribution < -0.4 is 5.32 Å². The molecule has 0 heterocycles. The molecule has 7 heteroatoms. The van der Waals surface area contributed by atoms with Crippen molar-refractivity contribution in [2.75, 3.05) is 13.2 Å². The molecule has 0 atom stereocenters. The molecule has 0 saturated heterocycles. The van der Waals surface area contributed by atoms with Gasteiger partial charge in [0.1, 0.15) is 0 Å². The van der Waals surface area contributed by atoms with E-state index in [2.05, 4.69) is 5.32 Å². The lowest BCUT2D eigenvalue weighted by atomic mass is 9.98. The number of amides is 1. The third-order valence-corrected chi connectivity index (χ3v) is 3.80. The first-order valence-corrected chi connectivity index (χ1v) is 6.94. The van der Waals surface area contributed by atoms with E-state index < -0.39 is 30.4 Å². The summed E-state index contributed by atoms with van der Waals surface area (Å²) in [5.74, 6) is -3.23. The highest BCUT2D eigenvalue weighted by molar-refractivity contribution is 7.99. The van der Waals surface area contributed by atoms with Crippen molar-refractivity contribution < 1.29 is 23.8 Å². The van der Waals surface area contributed by atoms with Gasteiger partial charge in [-0.2, -0.15) is 8.78 Å². The number of aliphatic hydroxyl groups is 2. The summed E-state index contributed by atoms with van der Waals surface area (Å²) in [6, 6.07) is 5.98. The summed E-state index contributed by atoms with van der Waals surface area (Å²) >= 11 is 0.283. The van der Waals surface area contributed by atoms with Crippen LogP contribution in [0.1, 0.15) is 23.7 Å². The van der Waals surface area contributed by atoms with E-state index in [-0.39, 0.29) is 22.2 Å². The van der Waals surface area contributed by atoms with E-state index in [9.17, 15) is 23.8 Å². The summed E-state index contributed by atoms with van der Waals surface area (Å²) in [5.41, 5.74) is -1.06. The molecule has 1 rings (SSSR count). The van der Waals surface area contributed by atoms with Crippen molar-refractivity contribution in [1.82, 2.24) is 5.32 Å². The van der Waals surface area contributed by atoms with E-state index in [4.69, 9.17) is 0 Å². The van der Waals surface area contributed by atoms with E-state index in [0.29, 0.717) is 6.42 Å². The molecule has 112 valence electrons. The maximum Gasteiger partial charge on any atom is 0.288 e. The zero-order valence-electron chi connectivity index (χ0n) is 11.0. The number of rotatable bonds is 7. The number of hydrogen-bond donors (Lipinski definition) is 3. The SMILES string of the molecule is CCC(CO)(CO)NC(=O)c1ccccc1SC(F)F. The van der Waals surface area contributed by atoms with Gasteiger partial charge in [-0.25, -0.2) is 0 Å². The Kier molecular flexibility index (Phi) is 6.38. The highest BCUT2D eigenvalue weighted by Crippen LogP contribution is 2.28. The first-order chi connectivity index (χ1) is 9.48. The zero-order valence-corrected chi connectivity index (χ0v) is 11.8. The smallest absolute Gasteiger partial charge is 0.288 e. The topological polar surface area (TPSA) is 69.6 Å². The van der Waals surface area contributed by atoms with Crippen LogP contribution in [0.25, 0.3) is 0 Å². The fourth-order valence-corrected chi connectivity index (χ4v) is 2.24. The fraction of sp³-hybridized carbons (Fsp3) is 0.462. The molecule has 20 heavy (non-hydrogen) atoms. The molecule has 1 aromatic carbocycles. The standard InChI is InChI=1S/C13H17F2NO3S/c1-2-13(7-17,8-18)16-11(19)9-5-3-4-6-10(9)20-12(14)15/h3-6,12,17-18H,2,7-8H2,1H3,(H,16,19). The maximum absolute atomic E-state index is 12.5. The van der Waals surface area contributed by atoms with E-state index in [1.54, 1.807) is 19.1 Å². The molecule has 0 aliphatic heterocycles. The minimum absolute atomic E-state index is 0.0949. The molecular formula is C13H17F2NO3S. The van der Waals surface area contributed by atoms with E-state index in [1.807, 2.05) is 0 Å². The van der Waals surface area contributed by atoms with Crippen LogP contribution in [0.5, 0.6) is 0 Å². The summed E-state index contributed by atoms with van der Waals surface area (Å²) in [6.45, 7) is 0.832. The first-order valence-electron chi connectivity index (χ1n) is 6.06. The largest absolute Gasteiger partial charge is 0.394 e. The van der Waals surface area contributed by atoms with Gasteiger partial charge >= 0.3 is 0 Å². The molecule has 0 aliphatic carbocycles. The minimum atomic E-state index is -2.63. The first kappa shape index (κ1) is 16.9. The maximum atomic E-state index is 12.5. The van der Waals surface area contributed by atoms with Gasteiger partial charge in [-0.3, -0.25) is 4.79 Å². The molecule has 0 fully saturated rings. The molecule has 1 amide bonds. The van der Waals surface area contributed by atoms with Gasteiger partial charge in [-0.1, -0.05) is 30.8 Å². The number of halogens is 2. The highest BCUT2D eigenvalue weighted by atomic mass is 32.2. The van der Waals surface area contributed by atoms with Crippen LogP contribution in [-0.2, 0) is 0 Å². The number of alkyl halides is 2. The lowest BCUT2D eigenvalue weighted by Gasteiger charge is -2.30. The molecule has 3 N–H and O–H groups in total. The Morgan fingerprint density at radius 3 is 2.45 bits per heavy atom. The van der Waals surface area contributed by atoms with Crippen LogP contribution in [0.2, 0.25) is 0 Å². The molecule has 1 aromatic rings. The Labute approximate surface area is 120 Å². The summed E-state index contributed by atoms with van der Waals surface area (Å²) in [6.07, 6.45) is 0.315. The minimum Gasteiger partial charge on any atom is -0.394 e. The zero-order chi connectivity index (χ0) is 15.2.